The molecule has 0 spiro atoms. The Balaban J connectivity index is 2.10. The van der Waals surface area contributed by atoms with Gasteiger partial charge in [0, 0.05) is 19.4 Å². The van der Waals surface area contributed by atoms with Crippen LogP contribution >= 0.6 is 0 Å². The number of rotatable bonds is 5. The van der Waals surface area contributed by atoms with E-state index in [9.17, 15) is 0 Å². The number of nitrogens with one attached hydrogen (secondary N) is 1. The van der Waals surface area contributed by atoms with Crippen molar-refractivity contribution in [3.8, 4) is 5.88 Å². The zero-order chi connectivity index (χ0) is 13.8. The molecule has 0 aliphatic carbocycles. The first-order valence-electron chi connectivity index (χ1n) is 6.05. The third-order valence-corrected chi connectivity index (χ3v) is 2.53. The van der Waals surface area contributed by atoms with Gasteiger partial charge in [-0.15, -0.1) is 0 Å². The van der Waals surface area contributed by atoms with E-state index in [1.807, 2.05) is 31.7 Å². The Morgan fingerprint density at radius 1 is 1.37 bits per heavy atom. The number of hydrogen-bond donors (Lipinski definition) is 2. The number of nitrogens with zero attached hydrogens (tertiary/aromatic N) is 4. The van der Waals surface area contributed by atoms with Gasteiger partial charge in [0.2, 0.25) is 5.88 Å². The summed E-state index contributed by atoms with van der Waals surface area (Å²) in [5.41, 5.74) is 6.38. The lowest BCUT2D eigenvalue weighted by molar-refractivity contribution is 0.234. The van der Waals surface area contributed by atoms with E-state index in [2.05, 4.69) is 20.3 Å². The van der Waals surface area contributed by atoms with Gasteiger partial charge in [-0.3, -0.25) is 0 Å². The molecular weight excluding hydrogens is 244 g/mol. The molecular formula is C12H18N6O. The molecule has 0 saturated heterocycles. The summed E-state index contributed by atoms with van der Waals surface area (Å²) in [4.78, 5) is 12.3. The fourth-order valence-corrected chi connectivity index (χ4v) is 1.57. The van der Waals surface area contributed by atoms with Crippen molar-refractivity contribution in [1.82, 2.24) is 19.5 Å². The summed E-state index contributed by atoms with van der Waals surface area (Å²) in [5, 5.41) is 3.13. The second-order valence-electron chi connectivity index (χ2n) is 4.42. The number of imidazole rings is 1. The van der Waals surface area contributed by atoms with Gasteiger partial charge in [0.25, 0.3) is 0 Å². The molecule has 102 valence electrons. The van der Waals surface area contributed by atoms with Crippen molar-refractivity contribution >= 4 is 11.5 Å². The first-order chi connectivity index (χ1) is 9.08. The van der Waals surface area contributed by atoms with Gasteiger partial charge < -0.3 is 20.4 Å². The van der Waals surface area contributed by atoms with Crippen LogP contribution in [0.3, 0.4) is 0 Å². The lowest BCUT2D eigenvalue weighted by atomic mass is 10.4. The fraction of sp³-hybridized carbons (Fsp3) is 0.417. The predicted molar refractivity (Wildman–Crippen MR) is 72.7 cm³/mol. The van der Waals surface area contributed by atoms with Crippen molar-refractivity contribution in [2.75, 3.05) is 11.1 Å². The first kappa shape index (κ1) is 13.1. The van der Waals surface area contributed by atoms with E-state index >= 15 is 0 Å². The minimum Gasteiger partial charge on any atom is -0.473 e. The second-order valence-corrected chi connectivity index (χ2v) is 4.42. The largest absolute Gasteiger partial charge is 0.473 e. The van der Waals surface area contributed by atoms with E-state index in [-0.39, 0.29) is 6.10 Å². The number of nitrogens with two attached hydrogens (primary N) is 1. The molecule has 0 fully saturated rings. The van der Waals surface area contributed by atoms with Crippen LogP contribution in [-0.2, 0) is 13.6 Å². The van der Waals surface area contributed by atoms with Crippen molar-refractivity contribution in [2.24, 2.45) is 7.05 Å². The number of anilines is 2. The Kier molecular flexibility index (Phi) is 3.84. The van der Waals surface area contributed by atoms with Gasteiger partial charge >= 0.3 is 0 Å². The van der Waals surface area contributed by atoms with Gasteiger partial charge in [0.1, 0.15) is 17.8 Å². The summed E-state index contributed by atoms with van der Waals surface area (Å²) in [6, 6.07) is 0. The summed E-state index contributed by atoms with van der Waals surface area (Å²) >= 11 is 0. The molecule has 0 amide bonds. The molecule has 0 aliphatic heterocycles. The molecule has 0 aromatic carbocycles. The number of aryl methyl sites for hydroxylation is 1. The van der Waals surface area contributed by atoms with Gasteiger partial charge in [-0.25, -0.2) is 9.97 Å². The van der Waals surface area contributed by atoms with Crippen LogP contribution in [-0.4, -0.2) is 25.6 Å². The quantitative estimate of drug-likeness (QED) is 0.841. The molecule has 2 aromatic rings. The Hall–Kier alpha value is -2.31. The summed E-state index contributed by atoms with van der Waals surface area (Å²) in [7, 11) is 1.93. The molecule has 7 heteroatoms. The van der Waals surface area contributed by atoms with Crippen LogP contribution in [0.2, 0.25) is 0 Å². The average molecular weight is 262 g/mol. The molecule has 0 unspecified atom stereocenters. The summed E-state index contributed by atoms with van der Waals surface area (Å²) in [6.07, 6.45) is 5.07. The van der Waals surface area contributed by atoms with Gasteiger partial charge in [0.15, 0.2) is 5.82 Å². The molecule has 3 N–H and O–H groups in total. The molecule has 2 rings (SSSR count). The second kappa shape index (κ2) is 5.55. The van der Waals surface area contributed by atoms with E-state index in [0.29, 0.717) is 23.9 Å². The van der Waals surface area contributed by atoms with E-state index in [4.69, 9.17) is 10.5 Å². The van der Waals surface area contributed by atoms with E-state index in [1.165, 1.54) is 6.33 Å². The molecule has 0 saturated carbocycles. The topological polar surface area (TPSA) is 90.9 Å². The standard InChI is InChI=1S/C12H18N6O/c1-8(2)19-12-10(13)11(16-7-17-12)15-6-9-14-4-5-18(9)3/h4-5,7-8H,6,13H2,1-3H3,(H,15,16,17). The highest BCUT2D eigenvalue weighted by molar-refractivity contribution is 5.66. The van der Waals surface area contributed by atoms with Crippen molar-refractivity contribution in [2.45, 2.75) is 26.5 Å². The maximum atomic E-state index is 5.97. The number of ether oxygens (including phenoxy) is 1. The normalized spacial score (nSPS) is 10.7. The zero-order valence-electron chi connectivity index (χ0n) is 11.3. The summed E-state index contributed by atoms with van der Waals surface area (Å²) in [6.45, 7) is 4.37. The van der Waals surface area contributed by atoms with Gasteiger partial charge in [-0.05, 0) is 13.8 Å². The third kappa shape index (κ3) is 3.12. The van der Waals surface area contributed by atoms with Crippen molar-refractivity contribution < 1.29 is 4.74 Å². The Morgan fingerprint density at radius 2 is 2.16 bits per heavy atom. The average Bonchev–Trinajstić information content (AvgIpc) is 2.76. The summed E-state index contributed by atoms with van der Waals surface area (Å²) in [5.74, 6) is 1.84. The van der Waals surface area contributed by atoms with Crippen LogP contribution < -0.4 is 15.8 Å². The lowest BCUT2D eigenvalue weighted by Crippen LogP contribution is -2.13. The Morgan fingerprint density at radius 3 is 2.79 bits per heavy atom. The molecule has 0 bridgehead atoms. The van der Waals surface area contributed by atoms with Crippen molar-refractivity contribution in [3.63, 3.8) is 0 Å². The first-order valence-corrected chi connectivity index (χ1v) is 6.05. The monoisotopic (exact) mass is 262 g/mol. The van der Waals surface area contributed by atoms with Crippen LogP contribution in [0.15, 0.2) is 18.7 Å². The zero-order valence-corrected chi connectivity index (χ0v) is 11.3. The molecule has 0 aliphatic rings. The predicted octanol–water partition coefficient (Wildman–Crippen LogP) is 1.19. The van der Waals surface area contributed by atoms with Crippen LogP contribution in [0.1, 0.15) is 19.7 Å². The summed E-state index contributed by atoms with van der Waals surface area (Å²) < 4.78 is 7.44. The Labute approximate surface area is 111 Å². The van der Waals surface area contributed by atoms with E-state index < -0.39 is 0 Å². The van der Waals surface area contributed by atoms with Crippen LogP contribution in [0.5, 0.6) is 5.88 Å². The minimum atomic E-state index is 0.0135. The lowest BCUT2D eigenvalue weighted by Gasteiger charge is -2.13. The molecule has 7 nitrogen and oxygen atoms in total. The molecule has 2 aromatic heterocycles. The molecule has 2 heterocycles. The number of nitrogen functional groups attached to an aromatic ring is 1. The molecule has 0 radical (unpaired) electrons. The maximum Gasteiger partial charge on any atom is 0.242 e. The molecule has 0 atom stereocenters. The van der Waals surface area contributed by atoms with E-state index in [1.54, 1.807) is 6.20 Å². The minimum absolute atomic E-state index is 0.0135. The van der Waals surface area contributed by atoms with Crippen LogP contribution in [0.25, 0.3) is 0 Å². The SMILES string of the molecule is CC(C)Oc1ncnc(NCc2nccn2C)c1N. The van der Waals surface area contributed by atoms with E-state index in [0.717, 1.165) is 5.82 Å². The highest BCUT2D eigenvalue weighted by atomic mass is 16.5. The van der Waals surface area contributed by atoms with Gasteiger partial charge in [0.05, 0.1) is 12.6 Å². The molecule has 19 heavy (non-hydrogen) atoms. The van der Waals surface area contributed by atoms with Crippen molar-refractivity contribution in [3.05, 3.63) is 24.5 Å². The van der Waals surface area contributed by atoms with Crippen LogP contribution in [0.4, 0.5) is 11.5 Å². The fourth-order valence-electron chi connectivity index (χ4n) is 1.57. The van der Waals surface area contributed by atoms with Crippen LogP contribution in [0, 0.1) is 0 Å². The van der Waals surface area contributed by atoms with Gasteiger partial charge in [-0.1, -0.05) is 0 Å². The smallest absolute Gasteiger partial charge is 0.242 e. The number of aromatic nitrogens is 4. The van der Waals surface area contributed by atoms with Gasteiger partial charge in [-0.2, -0.15) is 4.98 Å². The Bertz CT molecular complexity index is 551. The number of hydrogen-bond acceptors (Lipinski definition) is 6. The maximum absolute atomic E-state index is 5.97. The van der Waals surface area contributed by atoms with Crippen molar-refractivity contribution in [1.29, 1.82) is 0 Å². The highest BCUT2D eigenvalue weighted by Gasteiger charge is 2.11. The third-order valence-electron chi connectivity index (χ3n) is 2.53. The highest BCUT2D eigenvalue weighted by Crippen LogP contribution is 2.25.